The quantitative estimate of drug-likeness (QED) is 0.586. The lowest BCUT2D eigenvalue weighted by Crippen LogP contribution is -2.39. The maximum atomic E-state index is 12.0. The second kappa shape index (κ2) is 8.03. The molecule has 0 aromatic heterocycles. The van der Waals surface area contributed by atoms with E-state index in [0.717, 1.165) is 3.57 Å². The van der Waals surface area contributed by atoms with Crippen molar-refractivity contribution in [3.8, 4) is 5.75 Å². The maximum absolute atomic E-state index is 12.0. The topological polar surface area (TPSA) is 105 Å². The Morgan fingerprint density at radius 2 is 1.95 bits per heavy atom. The van der Waals surface area contributed by atoms with Crippen molar-refractivity contribution < 1.29 is 24.2 Å². The van der Waals surface area contributed by atoms with Crippen molar-refractivity contribution in [2.45, 2.75) is 0 Å². The highest BCUT2D eigenvalue weighted by Gasteiger charge is 2.16. The number of ether oxygens (including phenoxy) is 1. The number of carboxylic acids is 1. The summed E-state index contributed by atoms with van der Waals surface area (Å²) in [4.78, 5) is 33.6. The second-order valence-electron chi connectivity index (χ2n) is 3.82. The van der Waals surface area contributed by atoms with Crippen molar-refractivity contribution in [3.63, 3.8) is 0 Å². The summed E-state index contributed by atoms with van der Waals surface area (Å²) < 4.78 is 5.81. The summed E-state index contributed by atoms with van der Waals surface area (Å²) in [7, 11) is 1.41. The molecule has 0 saturated carbocycles. The molecular formula is C12H12ClIN2O5. The highest BCUT2D eigenvalue weighted by atomic mass is 127. The lowest BCUT2D eigenvalue weighted by molar-refractivity contribution is -0.137. The van der Waals surface area contributed by atoms with E-state index in [0.29, 0.717) is 10.8 Å². The van der Waals surface area contributed by atoms with Crippen LogP contribution in [0.15, 0.2) is 12.1 Å². The minimum absolute atomic E-state index is 0.189. The molecule has 0 unspecified atom stereocenters. The number of carbonyl (C=O) groups is 3. The number of amides is 2. The van der Waals surface area contributed by atoms with Gasteiger partial charge in [-0.15, -0.1) is 0 Å². The standard InChI is InChI=1S/C12H12ClIN2O5/c1-21-9-3-8(14)7(13)2-6(9)12(20)16-4-10(17)15-5-11(18)19/h2-3H,4-5H2,1H3,(H,15,17)(H,16,20)(H,18,19). The number of benzene rings is 1. The molecule has 0 heterocycles. The van der Waals surface area contributed by atoms with Crippen LogP contribution in [0.25, 0.3) is 0 Å². The number of nitrogens with one attached hydrogen (secondary N) is 2. The van der Waals surface area contributed by atoms with Gasteiger partial charge in [0.25, 0.3) is 5.91 Å². The average Bonchev–Trinajstić information content (AvgIpc) is 2.44. The van der Waals surface area contributed by atoms with Crippen LogP contribution < -0.4 is 15.4 Å². The third kappa shape index (κ3) is 5.38. The van der Waals surface area contributed by atoms with Gasteiger partial charge in [-0.3, -0.25) is 14.4 Å². The largest absolute Gasteiger partial charge is 0.496 e. The fraction of sp³-hybridized carbons (Fsp3) is 0.250. The molecule has 3 N–H and O–H groups in total. The van der Waals surface area contributed by atoms with Gasteiger partial charge in [0, 0.05) is 3.57 Å². The summed E-state index contributed by atoms with van der Waals surface area (Å²) >= 11 is 7.95. The lowest BCUT2D eigenvalue weighted by Gasteiger charge is -2.10. The Bertz CT molecular complexity index is 579. The van der Waals surface area contributed by atoms with Crippen molar-refractivity contribution in [2.75, 3.05) is 20.2 Å². The van der Waals surface area contributed by atoms with Gasteiger partial charge in [-0.1, -0.05) is 11.6 Å². The van der Waals surface area contributed by atoms with E-state index in [1.807, 2.05) is 22.6 Å². The van der Waals surface area contributed by atoms with Gasteiger partial charge in [-0.25, -0.2) is 0 Å². The molecule has 0 atom stereocenters. The minimum Gasteiger partial charge on any atom is -0.496 e. The highest BCUT2D eigenvalue weighted by Crippen LogP contribution is 2.28. The lowest BCUT2D eigenvalue weighted by atomic mass is 10.2. The summed E-state index contributed by atoms with van der Waals surface area (Å²) in [6.07, 6.45) is 0. The molecule has 114 valence electrons. The summed E-state index contributed by atoms with van der Waals surface area (Å²) in [5.74, 6) is -2.00. The minimum atomic E-state index is -1.17. The number of halogens is 2. The number of hydrogen-bond acceptors (Lipinski definition) is 4. The van der Waals surface area contributed by atoms with E-state index in [-0.39, 0.29) is 12.1 Å². The second-order valence-corrected chi connectivity index (χ2v) is 5.39. The molecule has 0 aliphatic heterocycles. The van der Waals surface area contributed by atoms with E-state index in [9.17, 15) is 14.4 Å². The third-order valence-electron chi connectivity index (χ3n) is 2.33. The summed E-state index contributed by atoms with van der Waals surface area (Å²) in [5, 5.41) is 13.3. The highest BCUT2D eigenvalue weighted by molar-refractivity contribution is 14.1. The molecule has 0 aliphatic rings. The predicted molar refractivity (Wildman–Crippen MR) is 83.7 cm³/mol. The Hall–Kier alpha value is -1.55. The maximum Gasteiger partial charge on any atom is 0.322 e. The van der Waals surface area contributed by atoms with Crippen LogP contribution in [0.4, 0.5) is 0 Å². The molecule has 0 fully saturated rings. The average molecular weight is 427 g/mol. The number of aliphatic carboxylic acids is 1. The fourth-order valence-electron chi connectivity index (χ4n) is 1.37. The van der Waals surface area contributed by atoms with E-state index >= 15 is 0 Å². The van der Waals surface area contributed by atoms with Gasteiger partial charge in [0.15, 0.2) is 0 Å². The monoisotopic (exact) mass is 426 g/mol. The zero-order valence-electron chi connectivity index (χ0n) is 10.9. The normalized spacial score (nSPS) is 9.86. The summed E-state index contributed by atoms with van der Waals surface area (Å²) in [6.45, 7) is -0.855. The Balaban J connectivity index is 2.70. The Kier molecular flexibility index (Phi) is 6.69. The molecule has 1 aromatic rings. The molecule has 0 aliphatic carbocycles. The van der Waals surface area contributed by atoms with Crippen LogP contribution in [0.2, 0.25) is 5.02 Å². The van der Waals surface area contributed by atoms with Crippen molar-refractivity contribution in [1.29, 1.82) is 0 Å². The van der Waals surface area contributed by atoms with Gasteiger partial charge in [-0.2, -0.15) is 0 Å². The first-order valence-corrected chi connectivity index (χ1v) is 7.10. The first-order chi connectivity index (χ1) is 9.85. The number of carboxylic acid groups (broad SMARTS) is 1. The van der Waals surface area contributed by atoms with Gasteiger partial charge in [0.2, 0.25) is 5.91 Å². The molecule has 0 radical (unpaired) electrons. The van der Waals surface area contributed by atoms with Crippen LogP contribution in [0.5, 0.6) is 5.75 Å². The fourth-order valence-corrected chi connectivity index (χ4v) is 1.97. The van der Waals surface area contributed by atoms with Crippen LogP contribution in [0, 0.1) is 3.57 Å². The molecule has 0 spiro atoms. The third-order valence-corrected chi connectivity index (χ3v) is 3.86. The zero-order valence-corrected chi connectivity index (χ0v) is 13.8. The van der Waals surface area contributed by atoms with E-state index in [4.69, 9.17) is 21.4 Å². The van der Waals surface area contributed by atoms with Crippen LogP contribution in [0.1, 0.15) is 10.4 Å². The van der Waals surface area contributed by atoms with Gasteiger partial charge < -0.3 is 20.5 Å². The van der Waals surface area contributed by atoms with Crippen molar-refractivity contribution in [3.05, 3.63) is 26.3 Å². The molecule has 1 aromatic carbocycles. The van der Waals surface area contributed by atoms with Crippen molar-refractivity contribution in [2.24, 2.45) is 0 Å². The molecular weight excluding hydrogens is 414 g/mol. The van der Waals surface area contributed by atoms with E-state index < -0.39 is 24.3 Å². The molecule has 7 nitrogen and oxygen atoms in total. The van der Waals surface area contributed by atoms with Gasteiger partial charge in [0.1, 0.15) is 12.3 Å². The molecule has 21 heavy (non-hydrogen) atoms. The molecule has 9 heteroatoms. The number of carbonyl (C=O) groups excluding carboxylic acids is 2. The number of hydrogen-bond donors (Lipinski definition) is 3. The number of methoxy groups -OCH3 is 1. The summed E-state index contributed by atoms with van der Waals surface area (Å²) in [6, 6.07) is 3.04. The Morgan fingerprint density at radius 3 is 2.52 bits per heavy atom. The van der Waals surface area contributed by atoms with Crippen LogP contribution in [-0.4, -0.2) is 43.1 Å². The van der Waals surface area contributed by atoms with E-state index in [1.54, 1.807) is 6.07 Å². The first kappa shape index (κ1) is 17.5. The van der Waals surface area contributed by atoms with Crippen molar-refractivity contribution >= 4 is 52.0 Å². The first-order valence-electron chi connectivity index (χ1n) is 5.65. The number of rotatable bonds is 6. The predicted octanol–water partition coefficient (Wildman–Crippen LogP) is 0.884. The smallest absolute Gasteiger partial charge is 0.322 e. The van der Waals surface area contributed by atoms with Gasteiger partial charge >= 0.3 is 5.97 Å². The molecule has 0 bridgehead atoms. The van der Waals surface area contributed by atoms with Crippen LogP contribution in [-0.2, 0) is 9.59 Å². The van der Waals surface area contributed by atoms with Crippen molar-refractivity contribution in [1.82, 2.24) is 10.6 Å². The molecule has 0 saturated heterocycles. The van der Waals surface area contributed by atoms with E-state index in [1.165, 1.54) is 13.2 Å². The van der Waals surface area contributed by atoms with Crippen LogP contribution in [0.3, 0.4) is 0 Å². The zero-order chi connectivity index (χ0) is 16.0. The Morgan fingerprint density at radius 1 is 1.29 bits per heavy atom. The van der Waals surface area contributed by atoms with Gasteiger partial charge in [-0.05, 0) is 34.7 Å². The Labute approximate surface area is 139 Å². The summed E-state index contributed by atoms with van der Waals surface area (Å²) in [5.41, 5.74) is 0.189. The van der Waals surface area contributed by atoms with Gasteiger partial charge in [0.05, 0.1) is 24.2 Å². The molecule has 2 amide bonds. The molecule has 1 rings (SSSR count). The SMILES string of the molecule is COc1cc(I)c(Cl)cc1C(=O)NCC(=O)NCC(=O)O. The van der Waals surface area contributed by atoms with Crippen LogP contribution >= 0.6 is 34.2 Å². The van der Waals surface area contributed by atoms with E-state index in [2.05, 4.69) is 10.6 Å².